The molecule has 31 heavy (non-hydrogen) atoms. The lowest BCUT2D eigenvalue weighted by atomic mass is 10.0. The van der Waals surface area contributed by atoms with Gasteiger partial charge >= 0.3 is 0 Å². The highest BCUT2D eigenvalue weighted by atomic mass is 16.5. The maximum Gasteiger partial charge on any atom is 0.260 e. The lowest BCUT2D eigenvalue weighted by Crippen LogP contribution is -2.41. The van der Waals surface area contributed by atoms with Crippen molar-refractivity contribution in [3.05, 3.63) is 59.7 Å². The molecule has 166 valence electrons. The van der Waals surface area contributed by atoms with Crippen LogP contribution in [0.15, 0.2) is 48.5 Å². The average Bonchev–Trinajstić information content (AvgIpc) is 3.20. The SMILES string of the molecule is CN1CCCc2cccc(OCC(=O)N(C)[C@H](CN3CC[C@H](O)C3)c3ccccc3)c21. The molecule has 0 aliphatic carbocycles. The minimum atomic E-state index is -0.276. The number of likely N-dealkylation sites (tertiary alicyclic amines) is 1. The number of hydrogen-bond donors (Lipinski definition) is 1. The molecule has 2 aromatic rings. The Morgan fingerprint density at radius 1 is 1.19 bits per heavy atom. The van der Waals surface area contributed by atoms with Crippen LogP contribution in [0.25, 0.3) is 0 Å². The number of anilines is 1. The average molecular weight is 424 g/mol. The number of aliphatic hydroxyl groups excluding tert-OH is 1. The maximum atomic E-state index is 13.1. The summed E-state index contributed by atoms with van der Waals surface area (Å²) in [6.45, 7) is 3.22. The topological polar surface area (TPSA) is 56.2 Å². The molecule has 1 amide bonds. The minimum absolute atomic E-state index is 0.00670. The van der Waals surface area contributed by atoms with Crippen LogP contribution in [0.4, 0.5) is 5.69 Å². The zero-order valence-electron chi connectivity index (χ0n) is 18.5. The molecule has 2 aliphatic heterocycles. The quantitative estimate of drug-likeness (QED) is 0.742. The van der Waals surface area contributed by atoms with Crippen molar-refractivity contribution in [1.29, 1.82) is 0 Å². The molecule has 2 aliphatic rings. The number of nitrogens with zero attached hydrogens (tertiary/aromatic N) is 3. The van der Waals surface area contributed by atoms with Crippen LogP contribution in [-0.4, -0.2) is 73.8 Å². The number of fused-ring (bicyclic) bond motifs is 1. The fourth-order valence-electron chi connectivity index (χ4n) is 4.70. The maximum absolute atomic E-state index is 13.1. The third kappa shape index (κ3) is 5.02. The third-order valence-corrected chi connectivity index (χ3v) is 6.48. The number of rotatable bonds is 7. The fourth-order valence-corrected chi connectivity index (χ4v) is 4.70. The van der Waals surface area contributed by atoms with Crippen LogP contribution < -0.4 is 9.64 Å². The number of likely N-dealkylation sites (N-methyl/N-ethyl adjacent to an activating group) is 1. The van der Waals surface area contributed by atoms with E-state index >= 15 is 0 Å². The summed E-state index contributed by atoms with van der Waals surface area (Å²) in [7, 11) is 3.93. The summed E-state index contributed by atoms with van der Waals surface area (Å²) in [6.07, 6.45) is 2.69. The number of carbonyl (C=O) groups is 1. The molecule has 0 bridgehead atoms. The standard InChI is InChI=1S/C25H33N3O3/c1-26-14-7-11-20-10-6-12-23(25(20)26)31-18-24(30)27(2)22(19-8-4-3-5-9-19)17-28-15-13-21(29)16-28/h3-6,8-10,12,21-22,29H,7,11,13-18H2,1-2H3/t21-,22+/m0/s1. The first-order valence-corrected chi connectivity index (χ1v) is 11.2. The van der Waals surface area contributed by atoms with Gasteiger partial charge in [-0.1, -0.05) is 42.5 Å². The van der Waals surface area contributed by atoms with E-state index in [2.05, 4.69) is 35.0 Å². The van der Waals surface area contributed by atoms with Gasteiger partial charge in [0.15, 0.2) is 6.61 Å². The van der Waals surface area contributed by atoms with Gasteiger partial charge in [0.05, 0.1) is 17.8 Å². The Bertz CT molecular complexity index is 889. The molecular weight excluding hydrogens is 390 g/mol. The summed E-state index contributed by atoms with van der Waals surface area (Å²) in [6, 6.07) is 16.1. The summed E-state index contributed by atoms with van der Waals surface area (Å²) in [5.74, 6) is 0.727. The normalized spacial score (nSPS) is 19.7. The van der Waals surface area contributed by atoms with Gasteiger partial charge < -0.3 is 19.6 Å². The Morgan fingerprint density at radius 2 is 2.00 bits per heavy atom. The van der Waals surface area contributed by atoms with Crippen LogP contribution in [0.5, 0.6) is 5.75 Å². The zero-order chi connectivity index (χ0) is 21.8. The lowest BCUT2D eigenvalue weighted by Gasteiger charge is -2.32. The molecule has 0 aromatic heterocycles. The number of amides is 1. The molecule has 4 rings (SSSR count). The molecule has 2 heterocycles. The number of carbonyl (C=O) groups excluding carboxylic acids is 1. The molecule has 6 heteroatoms. The van der Waals surface area contributed by atoms with Gasteiger partial charge in [-0.05, 0) is 36.5 Å². The first-order valence-electron chi connectivity index (χ1n) is 11.2. The van der Waals surface area contributed by atoms with Gasteiger partial charge in [0.1, 0.15) is 5.75 Å². The van der Waals surface area contributed by atoms with Gasteiger partial charge in [-0.3, -0.25) is 9.69 Å². The van der Waals surface area contributed by atoms with Gasteiger partial charge in [0, 0.05) is 40.3 Å². The molecular formula is C25H33N3O3. The van der Waals surface area contributed by atoms with Gasteiger partial charge in [-0.15, -0.1) is 0 Å². The van der Waals surface area contributed by atoms with Crippen LogP contribution in [0.1, 0.15) is 30.0 Å². The van der Waals surface area contributed by atoms with Gasteiger partial charge in [-0.2, -0.15) is 0 Å². The highest BCUT2D eigenvalue weighted by Gasteiger charge is 2.28. The number of ether oxygens (including phenoxy) is 1. The summed E-state index contributed by atoms with van der Waals surface area (Å²) >= 11 is 0. The summed E-state index contributed by atoms with van der Waals surface area (Å²) in [5, 5.41) is 9.91. The molecule has 1 saturated heterocycles. The number of aliphatic hydroxyl groups is 1. The molecule has 0 saturated carbocycles. The number of β-amino-alcohol motifs (C(OH)–C–C–N with tert-alkyl or cyclic N) is 1. The monoisotopic (exact) mass is 423 g/mol. The molecule has 2 aromatic carbocycles. The Labute approximate surface area is 185 Å². The molecule has 0 unspecified atom stereocenters. The van der Waals surface area contributed by atoms with E-state index in [1.54, 1.807) is 4.90 Å². The third-order valence-electron chi connectivity index (χ3n) is 6.48. The van der Waals surface area contributed by atoms with Crippen molar-refractivity contribution >= 4 is 11.6 Å². The Balaban J connectivity index is 1.46. The summed E-state index contributed by atoms with van der Waals surface area (Å²) in [5.41, 5.74) is 3.48. The predicted molar refractivity (Wildman–Crippen MR) is 123 cm³/mol. The number of hydrogen-bond acceptors (Lipinski definition) is 5. The van der Waals surface area contributed by atoms with Crippen molar-refractivity contribution < 1.29 is 14.6 Å². The van der Waals surface area contributed by atoms with Crippen molar-refractivity contribution in [3.8, 4) is 5.75 Å². The van der Waals surface area contributed by atoms with Crippen LogP contribution in [-0.2, 0) is 11.2 Å². The van der Waals surface area contributed by atoms with E-state index in [1.165, 1.54) is 5.56 Å². The van der Waals surface area contributed by atoms with E-state index < -0.39 is 0 Å². The van der Waals surface area contributed by atoms with Crippen molar-refractivity contribution in [1.82, 2.24) is 9.80 Å². The lowest BCUT2D eigenvalue weighted by molar-refractivity contribution is -0.134. The van der Waals surface area contributed by atoms with Crippen LogP contribution >= 0.6 is 0 Å². The fraction of sp³-hybridized carbons (Fsp3) is 0.480. The van der Waals surface area contributed by atoms with Crippen molar-refractivity contribution in [2.24, 2.45) is 0 Å². The van der Waals surface area contributed by atoms with E-state index in [4.69, 9.17) is 4.74 Å². The van der Waals surface area contributed by atoms with E-state index in [9.17, 15) is 9.90 Å². The Hall–Kier alpha value is -2.57. The number of para-hydroxylation sites is 1. The van der Waals surface area contributed by atoms with E-state index in [-0.39, 0.29) is 24.7 Å². The Morgan fingerprint density at radius 3 is 2.74 bits per heavy atom. The highest BCUT2D eigenvalue weighted by molar-refractivity contribution is 5.78. The van der Waals surface area contributed by atoms with Crippen LogP contribution in [0.3, 0.4) is 0 Å². The predicted octanol–water partition coefficient (Wildman–Crippen LogP) is 2.71. The molecule has 0 spiro atoms. The van der Waals surface area contributed by atoms with Gasteiger partial charge in [-0.25, -0.2) is 0 Å². The zero-order valence-corrected chi connectivity index (χ0v) is 18.5. The smallest absolute Gasteiger partial charge is 0.260 e. The minimum Gasteiger partial charge on any atom is -0.482 e. The first kappa shape index (κ1) is 21.7. The number of benzene rings is 2. The van der Waals surface area contributed by atoms with Gasteiger partial charge in [0.25, 0.3) is 5.91 Å². The largest absolute Gasteiger partial charge is 0.482 e. The van der Waals surface area contributed by atoms with Crippen LogP contribution in [0, 0.1) is 0 Å². The van der Waals surface area contributed by atoms with E-state index in [0.29, 0.717) is 13.1 Å². The van der Waals surface area contributed by atoms with Crippen molar-refractivity contribution in [2.45, 2.75) is 31.4 Å². The molecule has 0 radical (unpaired) electrons. The Kier molecular flexibility index (Phi) is 6.78. The summed E-state index contributed by atoms with van der Waals surface area (Å²) in [4.78, 5) is 19.4. The van der Waals surface area contributed by atoms with E-state index in [1.807, 2.05) is 37.4 Å². The number of aryl methyl sites for hydroxylation is 1. The molecule has 2 atom stereocenters. The van der Waals surface area contributed by atoms with Crippen LogP contribution in [0.2, 0.25) is 0 Å². The highest BCUT2D eigenvalue weighted by Crippen LogP contribution is 2.35. The molecule has 6 nitrogen and oxygen atoms in total. The van der Waals surface area contributed by atoms with Crippen molar-refractivity contribution in [2.75, 3.05) is 51.8 Å². The first-order chi connectivity index (χ1) is 15.0. The van der Waals surface area contributed by atoms with E-state index in [0.717, 1.165) is 49.4 Å². The molecule has 1 fully saturated rings. The van der Waals surface area contributed by atoms with Gasteiger partial charge in [0.2, 0.25) is 0 Å². The second kappa shape index (κ2) is 9.71. The summed E-state index contributed by atoms with van der Waals surface area (Å²) < 4.78 is 6.04. The second-order valence-corrected chi connectivity index (χ2v) is 8.71. The van der Waals surface area contributed by atoms with Crippen molar-refractivity contribution in [3.63, 3.8) is 0 Å². The molecule has 1 N–H and O–H groups in total. The second-order valence-electron chi connectivity index (χ2n) is 8.71.